The molecule has 0 fully saturated rings. The molecule has 1 aromatic carbocycles. The molecule has 0 unspecified atom stereocenters. The summed E-state index contributed by atoms with van der Waals surface area (Å²) < 4.78 is 5.38. The minimum Gasteiger partial charge on any atom is -0.486 e. The van der Waals surface area contributed by atoms with Crippen LogP contribution >= 0.6 is 11.6 Å². The largest absolute Gasteiger partial charge is 0.486 e. The number of halogens is 1. The van der Waals surface area contributed by atoms with Crippen LogP contribution in [0.3, 0.4) is 0 Å². The van der Waals surface area contributed by atoms with Gasteiger partial charge in [0.25, 0.3) is 0 Å². The van der Waals surface area contributed by atoms with Crippen molar-refractivity contribution in [3.8, 4) is 5.75 Å². The lowest BCUT2D eigenvalue weighted by Gasteiger charge is -2.10. The number of ether oxygens (including phenoxy) is 1. The van der Waals surface area contributed by atoms with E-state index in [1.807, 2.05) is 18.2 Å². The van der Waals surface area contributed by atoms with E-state index in [2.05, 4.69) is 4.99 Å². The molecule has 0 saturated carbocycles. The summed E-state index contributed by atoms with van der Waals surface area (Å²) in [4.78, 5) is 15.4. The van der Waals surface area contributed by atoms with E-state index >= 15 is 0 Å². The highest BCUT2D eigenvalue weighted by atomic mass is 35.5. The predicted octanol–water partition coefficient (Wildman–Crippen LogP) is 3.64. The van der Waals surface area contributed by atoms with Gasteiger partial charge in [0, 0.05) is 12.0 Å². The van der Waals surface area contributed by atoms with Crippen LogP contribution in [0, 0.1) is 10.1 Å². The molecule has 6 heteroatoms. The van der Waals surface area contributed by atoms with Crippen LogP contribution in [0.2, 0.25) is 0 Å². The van der Waals surface area contributed by atoms with Gasteiger partial charge in [-0.1, -0.05) is 18.2 Å². The summed E-state index contributed by atoms with van der Waals surface area (Å²) in [5.41, 5.74) is 2.81. The Bertz CT molecular complexity index is 677. The standard InChI is InChI=1S/C14H11ClN2O3/c15-7-8-20-12-6-5-11-13(14(12)17(18)19)9-3-1-2-4-10(9)16-11/h1-3,5-6H,4,7-8H2. The average molecular weight is 291 g/mol. The quantitative estimate of drug-likeness (QED) is 0.483. The third-order valence-corrected chi connectivity index (χ3v) is 3.34. The first-order valence-electron chi connectivity index (χ1n) is 6.17. The molecule has 1 aliphatic carbocycles. The fourth-order valence-corrected chi connectivity index (χ4v) is 2.47. The van der Waals surface area contributed by atoms with E-state index in [1.54, 1.807) is 12.1 Å². The van der Waals surface area contributed by atoms with Crippen molar-refractivity contribution in [1.82, 2.24) is 0 Å². The number of hydrogen-bond donors (Lipinski definition) is 0. The second-order valence-electron chi connectivity index (χ2n) is 4.37. The maximum absolute atomic E-state index is 11.4. The summed E-state index contributed by atoms with van der Waals surface area (Å²) >= 11 is 5.57. The van der Waals surface area contributed by atoms with Gasteiger partial charge in [0.1, 0.15) is 6.61 Å². The van der Waals surface area contributed by atoms with Crippen molar-refractivity contribution in [1.29, 1.82) is 0 Å². The van der Waals surface area contributed by atoms with Gasteiger partial charge in [-0.3, -0.25) is 15.1 Å². The van der Waals surface area contributed by atoms with Gasteiger partial charge in [-0.25, -0.2) is 0 Å². The number of nitrogens with zero attached hydrogens (tertiary/aromatic N) is 2. The van der Waals surface area contributed by atoms with Crippen LogP contribution in [0.1, 0.15) is 12.0 Å². The molecule has 102 valence electrons. The van der Waals surface area contributed by atoms with Crippen molar-refractivity contribution in [3.05, 3.63) is 46.0 Å². The Hall–Kier alpha value is -2.14. The van der Waals surface area contributed by atoms with Gasteiger partial charge in [0.15, 0.2) is 5.75 Å². The first-order chi connectivity index (χ1) is 9.72. The second kappa shape index (κ2) is 5.09. The molecule has 3 rings (SSSR count). The Labute approximate surface area is 120 Å². The van der Waals surface area contributed by atoms with Crippen LogP contribution in [-0.2, 0) is 0 Å². The van der Waals surface area contributed by atoms with E-state index in [9.17, 15) is 10.1 Å². The SMILES string of the molecule is O=[N+]([O-])c1c(OCCCl)ccc2c1C1=CC=CCC1=N2. The molecular formula is C14H11ClN2O3. The molecule has 0 aromatic heterocycles. The molecule has 0 N–H and O–H groups in total. The lowest BCUT2D eigenvalue weighted by Crippen LogP contribution is -2.05. The lowest BCUT2D eigenvalue weighted by atomic mass is 9.96. The van der Waals surface area contributed by atoms with Gasteiger partial charge in [-0.05, 0) is 12.1 Å². The van der Waals surface area contributed by atoms with Gasteiger partial charge in [-0.15, -0.1) is 11.6 Å². The molecule has 0 amide bonds. The third-order valence-electron chi connectivity index (χ3n) is 3.18. The Kier molecular flexibility index (Phi) is 3.28. The highest BCUT2D eigenvalue weighted by Gasteiger charge is 2.32. The molecule has 2 aliphatic rings. The van der Waals surface area contributed by atoms with Crippen LogP contribution in [0.5, 0.6) is 5.75 Å². The number of allylic oxidation sites excluding steroid dienone is 4. The zero-order chi connectivity index (χ0) is 14.1. The predicted molar refractivity (Wildman–Crippen MR) is 78.1 cm³/mol. The fraction of sp³-hybridized carbons (Fsp3) is 0.214. The van der Waals surface area contributed by atoms with Crippen molar-refractivity contribution >= 4 is 34.3 Å². The Morgan fingerprint density at radius 1 is 1.45 bits per heavy atom. The lowest BCUT2D eigenvalue weighted by molar-refractivity contribution is -0.386. The van der Waals surface area contributed by atoms with Gasteiger partial charge in [0.05, 0.1) is 27.8 Å². The van der Waals surface area contributed by atoms with Crippen molar-refractivity contribution in [2.24, 2.45) is 4.99 Å². The van der Waals surface area contributed by atoms with Crippen LogP contribution in [-0.4, -0.2) is 23.1 Å². The number of benzene rings is 1. The van der Waals surface area contributed by atoms with E-state index in [0.29, 0.717) is 17.7 Å². The van der Waals surface area contributed by atoms with E-state index < -0.39 is 4.92 Å². The summed E-state index contributed by atoms with van der Waals surface area (Å²) in [5.74, 6) is 0.517. The minimum absolute atomic E-state index is 0.0343. The molecule has 0 bridgehead atoms. The molecular weight excluding hydrogens is 280 g/mol. The fourth-order valence-electron chi connectivity index (χ4n) is 2.40. The zero-order valence-electron chi connectivity index (χ0n) is 10.5. The van der Waals surface area contributed by atoms with Crippen LogP contribution in [0.15, 0.2) is 35.4 Å². The maximum atomic E-state index is 11.4. The van der Waals surface area contributed by atoms with Crippen molar-refractivity contribution < 1.29 is 9.66 Å². The summed E-state index contributed by atoms with van der Waals surface area (Å²) in [6.45, 7) is 0.230. The molecule has 20 heavy (non-hydrogen) atoms. The molecule has 1 aliphatic heterocycles. The minimum atomic E-state index is -0.417. The van der Waals surface area contributed by atoms with E-state index in [-0.39, 0.29) is 23.9 Å². The third kappa shape index (κ3) is 2.00. The number of fused-ring (bicyclic) bond motifs is 3. The number of hydrogen-bond acceptors (Lipinski definition) is 4. The highest BCUT2D eigenvalue weighted by Crippen LogP contribution is 2.46. The Balaban J connectivity index is 2.15. The van der Waals surface area contributed by atoms with Crippen LogP contribution in [0.25, 0.3) is 5.57 Å². The Morgan fingerprint density at radius 2 is 2.30 bits per heavy atom. The summed E-state index contributed by atoms with van der Waals surface area (Å²) in [6, 6.07) is 3.33. The van der Waals surface area contributed by atoms with Crippen LogP contribution in [0.4, 0.5) is 11.4 Å². The number of nitro groups is 1. The molecule has 0 radical (unpaired) electrons. The topological polar surface area (TPSA) is 64.7 Å². The number of alkyl halides is 1. The van der Waals surface area contributed by atoms with Gasteiger partial charge in [-0.2, -0.15) is 0 Å². The van der Waals surface area contributed by atoms with Crippen molar-refractivity contribution in [2.45, 2.75) is 6.42 Å². The number of rotatable bonds is 4. The van der Waals surface area contributed by atoms with Crippen molar-refractivity contribution in [3.63, 3.8) is 0 Å². The monoisotopic (exact) mass is 290 g/mol. The van der Waals surface area contributed by atoms with E-state index in [0.717, 1.165) is 11.3 Å². The molecule has 0 atom stereocenters. The van der Waals surface area contributed by atoms with E-state index in [1.165, 1.54) is 0 Å². The van der Waals surface area contributed by atoms with Crippen LogP contribution < -0.4 is 4.74 Å². The van der Waals surface area contributed by atoms with Crippen molar-refractivity contribution in [2.75, 3.05) is 12.5 Å². The summed E-state index contributed by atoms with van der Waals surface area (Å²) in [6.07, 6.45) is 6.41. The normalized spacial score (nSPS) is 15.2. The maximum Gasteiger partial charge on any atom is 0.320 e. The molecule has 0 spiro atoms. The molecule has 1 aromatic rings. The van der Waals surface area contributed by atoms with E-state index in [4.69, 9.17) is 16.3 Å². The first kappa shape index (κ1) is 12.9. The average Bonchev–Trinajstić information content (AvgIpc) is 2.82. The smallest absolute Gasteiger partial charge is 0.320 e. The number of aliphatic imine (C=N–C) groups is 1. The molecule has 5 nitrogen and oxygen atoms in total. The highest BCUT2D eigenvalue weighted by molar-refractivity contribution is 6.31. The number of nitro benzene ring substituents is 1. The molecule has 1 heterocycles. The van der Waals surface area contributed by atoms with Gasteiger partial charge >= 0.3 is 5.69 Å². The summed E-state index contributed by atoms with van der Waals surface area (Å²) in [7, 11) is 0. The molecule has 0 saturated heterocycles. The van der Waals surface area contributed by atoms with Gasteiger partial charge in [0.2, 0.25) is 0 Å². The second-order valence-corrected chi connectivity index (χ2v) is 4.75. The first-order valence-corrected chi connectivity index (χ1v) is 6.71. The Morgan fingerprint density at radius 3 is 3.05 bits per heavy atom. The van der Waals surface area contributed by atoms with Gasteiger partial charge < -0.3 is 4.74 Å². The summed E-state index contributed by atoms with van der Waals surface area (Å²) in [5, 5.41) is 11.4. The zero-order valence-corrected chi connectivity index (χ0v) is 11.3.